The van der Waals surface area contributed by atoms with Gasteiger partial charge in [0.2, 0.25) is 0 Å². The molecule has 1 aliphatic rings. The molecule has 0 bridgehead atoms. The second-order valence-electron chi connectivity index (χ2n) is 5.09. The van der Waals surface area contributed by atoms with E-state index in [2.05, 4.69) is 26.8 Å². The first-order valence-corrected chi connectivity index (χ1v) is 6.46. The number of hydrogen-bond donors (Lipinski definition) is 1. The first kappa shape index (κ1) is 15.7. The van der Waals surface area contributed by atoms with Crippen molar-refractivity contribution < 1.29 is 0 Å². The number of aryl methyl sites for hydroxylation is 2. The Bertz CT molecular complexity index is 432. The molecule has 0 atom stereocenters. The number of rotatable bonds is 1. The molecule has 0 radical (unpaired) electrons. The Balaban J connectivity index is 0.00000180. The minimum atomic E-state index is 0. The van der Waals surface area contributed by atoms with Gasteiger partial charge in [0.1, 0.15) is 0 Å². The van der Waals surface area contributed by atoms with E-state index < -0.39 is 0 Å². The fourth-order valence-electron chi connectivity index (χ4n) is 2.17. The first-order valence-electron chi connectivity index (χ1n) is 6.46. The fraction of sp³-hybridized carbons (Fsp3) is 0.615. The van der Waals surface area contributed by atoms with Crippen LogP contribution in [0.4, 0.5) is 5.95 Å². The van der Waals surface area contributed by atoms with Gasteiger partial charge in [0.25, 0.3) is 5.95 Å². The summed E-state index contributed by atoms with van der Waals surface area (Å²) in [4.78, 5) is 15.0. The lowest BCUT2D eigenvalue weighted by Crippen LogP contribution is -2.42. The fourth-order valence-corrected chi connectivity index (χ4v) is 2.17. The van der Waals surface area contributed by atoms with Crippen molar-refractivity contribution in [3.05, 3.63) is 17.5 Å². The number of guanidine groups is 1. The molecule has 5 nitrogen and oxygen atoms in total. The summed E-state index contributed by atoms with van der Waals surface area (Å²) in [6, 6.07) is 1.93. The molecular weight excluding hydrogens is 262 g/mol. The zero-order valence-corrected chi connectivity index (χ0v) is 12.6. The van der Waals surface area contributed by atoms with Crippen molar-refractivity contribution in [3.8, 4) is 0 Å². The third-order valence-corrected chi connectivity index (χ3v) is 3.29. The second-order valence-corrected chi connectivity index (χ2v) is 5.09. The van der Waals surface area contributed by atoms with Gasteiger partial charge in [-0.3, -0.25) is 0 Å². The van der Waals surface area contributed by atoms with Crippen LogP contribution >= 0.6 is 12.4 Å². The lowest BCUT2D eigenvalue weighted by atomic mass is 10.00. The minimum Gasteiger partial charge on any atom is -0.369 e. The summed E-state index contributed by atoms with van der Waals surface area (Å²) in [7, 11) is 0. The molecule has 0 aliphatic carbocycles. The van der Waals surface area contributed by atoms with E-state index in [4.69, 9.17) is 5.73 Å². The molecule has 1 fully saturated rings. The summed E-state index contributed by atoms with van der Waals surface area (Å²) >= 11 is 0. The maximum Gasteiger partial charge on any atom is 0.253 e. The highest BCUT2D eigenvalue weighted by atomic mass is 35.5. The lowest BCUT2D eigenvalue weighted by molar-refractivity contribution is 0.278. The topological polar surface area (TPSA) is 67.4 Å². The van der Waals surface area contributed by atoms with E-state index >= 15 is 0 Å². The third kappa shape index (κ3) is 4.35. The molecule has 2 rings (SSSR count). The SMILES string of the molecule is Cc1cc(C)nc(N=C(N)N2CCC(C)CC2)n1.Cl. The number of nitrogens with two attached hydrogens (primary N) is 1. The molecule has 19 heavy (non-hydrogen) atoms. The van der Waals surface area contributed by atoms with E-state index in [-0.39, 0.29) is 12.4 Å². The van der Waals surface area contributed by atoms with E-state index in [0.29, 0.717) is 11.9 Å². The van der Waals surface area contributed by atoms with Crippen LogP contribution in [0.15, 0.2) is 11.1 Å². The summed E-state index contributed by atoms with van der Waals surface area (Å²) in [6.07, 6.45) is 2.34. The Kier molecular flexibility index (Phi) is 5.54. The normalized spacial score (nSPS) is 17.2. The zero-order chi connectivity index (χ0) is 13.1. The predicted octanol–water partition coefficient (Wildman–Crippen LogP) is 2.19. The van der Waals surface area contributed by atoms with Crippen LogP contribution in [0.1, 0.15) is 31.2 Å². The van der Waals surface area contributed by atoms with E-state index in [1.807, 2.05) is 19.9 Å². The van der Waals surface area contributed by atoms with E-state index in [0.717, 1.165) is 30.4 Å². The minimum absolute atomic E-state index is 0. The maximum atomic E-state index is 6.02. The van der Waals surface area contributed by atoms with Crippen molar-refractivity contribution in [1.29, 1.82) is 0 Å². The van der Waals surface area contributed by atoms with Crippen molar-refractivity contribution >= 4 is 24.3 Å². The van der Waals surface area contributed by atoms with Gasteiger partial charge in [-0.15, -0.1) is 12.4 Å². The van der Waals surface area contributed by atoms with Crippen LogP contribution in [-0.4, -0.2) is 33.9 Å². The Morgan fingerprint density at radius 3 is 2.32 bits per heavy atom. The number of hydrogen-bond acceptors (Lipinski definition) is 3. The maximum absolute atomic E-state index is 6.02. The Morgan fingerprint density at radius 1 is 1.26 bits per heavy atom. The van der Waals surface area contributed by atoms with Gasteiger partial charge < -0.3 is 10.6 Å². The monoisotopic (exact) mass is 283 g/mol. The number of halogens is 1. The molecule has 106 valence electrons. The average molecular weight is 284 g/mol. The van der Waals surface area contributed by atoms with Crippen molar-refractivity contribution in [2.45, 2.75) is 33.6 Å². The largest absolute Gasteiger partial charge is 0.369 e. The van der Waals surface area contributed by atoms with Gasteiger partial charge in [0.05, 0.1) is 0 Å². The molecule has 6 heteroatoms. The molecule has 0 unspecified atom stereocenters. The van der Waals surface area contributed by atoms with Crippen molar-refractivity contribution in [2.24, 2.45) is 16.6 Å². The van der Waals surface area contributed by atoms with Crippen LogP contribution < -0.4 is 5.73 Å². The van der Waals surface area contributed by atoms with Crippen LogP contribution in [-0.2, 0) is 0 Å². The zero-order valence-electron chi connectivity index (χ0n) is 11.8. The van der Waals surface area contributed by atoms with Crippen LogP contribution in [0.3, 0.4) is 0 Å². The number of aliphatic imine (C=N–C) groups is 1. The van der Waals surface area contributed by atoms with Crippen LogP contribution in [0.2, 0.25) is 0 Å². The quantitative estimate of drug-likeness (QED) is 0.634. The van der Waals surface area contributed by atoms with Gasteiger partial charge in [0.15, 0.2) is 5.96 Å². The van der Waals surface area contributed by atoms with Gasteiger partial charge in [-0.05, 0) is 38.7 Å². The molecule has 1 aromatic rings. The number of nitrogens with zero attached hydrogens (tertiary/aromatic N) is 4. The van der Waals surface area contributed by atoms with Crippen LogP contribution in [0.5, 0.6) is 0 Å². The Labute approximate surface area is 120 Å². The molecule has 0 amide bonds. The van der Waals surface area contributed by atoms with E-state index in [9.17, 15) is 0 Å². The average Bonchev–Trinajstić information content (AvgIpc) is 2.28. The van der Waals surface area contributed by atoms with Gasteiger partial charge >= 0.3 is 0 Å². The summed E-state index contributed by atoms with van der Waals surface area (Å²) in [5.41, 5.74) is 7.86. The second kappa shape index (κ2) is 6.70. The Morgan fingerprint density at radius 2 is 1.79 bits per heavy atom. The summed E-state index contributed by atoms with van der Waals surface area (Å²) < 4.78 is 0. The number of aromatic nitrogens is 2. The van der Waals surface area contributed by atoms with Gasteiger partial charge in [-0.25, -0.2) is 9.97 Å². The standard InChI is InChI=1S/C13H21N5.ClH/c1-9-4-6-18(7-5-9)12(14)17-13-15-10(2)8-11(3)16-13;/h8-9H,4-7H2,1-3H3,(H2,14,15,16,17);1H. The van der Waals surface area contributed by atoms with Gasteiger partial charge in [-0.2, -0.15) is 4.99 Å². The summed E-state index contributed by atoms with van der Waals surface area (Å²) in [5.74, 6) is 1.78. The van der Waals surface area contributed by atoms with Gasteiger partial charge in [-0.1, -0.05) is 6.92 Å². The smallest absolute Gasteiger partial charge is 0.253 e. The third-order valence-electron chi connectivity index (χ3n) is 3.29. The van der Waals surface area contributed by atoms with Crippen molar-refractivity contribution in [2.75, 3.05) is 13.1 Å². The highest BCUT2D eigenvalue weighted by Gasteiger charge is 2.17. The molecule has 1 aromatic heterocycles. The molecule has 1 saturated heterocycles. The summed E-state index contributed by atoms with van der Waals surface area (Å²) in [5, 5.41) is 0. The molecule has 1 aliphatic heterocycles. The highest BCUT2D eigenvalue weighted by Crippen LogP contribution is 2.16. The molecular formula is C13H22ClN5. The number of piperidine rings is 1. The molecule has 0 aromatic carbocycles. The predicted molar refractivity (Wildman–Crippen MR) is 80.0 cm³/mol. The molecule has 2 N–H and O–H groups in total. The van der Waals surface area contributed by atoms with Gasteiger partial charge in [0, 0.05) is 24.5 Å². The molecule has 0 spiro atoms. The Hall–Kier alpha value is -1.36. The van der Waals surface area contributed by atoms with Crippen LogP contribution in [0, 0.1) is 19.8 Å². The van der Waals surface area contributed by atoms with Crippen molar-refractivity contribution in [1.82, 2.24) is 14.9 Å². The van der Waals surface area contributed by atoms with E-state index in [1.165, 1.54) is 12.8 Å². The lowest BCUT2D eigenvalue weighted by Gasteiger charge is -2.30. The number of likely N-dealkylation sites (tertiary alicyclic amines) is 1. The highest BCUT2D eigenvalue weighted by molar-refractivity contribution is 5.85. The van der Waals surface area contributed by atoms with Crippen LogP contribution in [0.25, 0.3) is 0 Å². The first-order chi connectivity index (χ1) is 8.54. The van der Waals surface area contributed by atoms with E-state index in [1.54, 1.807) is 0 Å². The molecule has 2 heterocycles. The summed E-state index contributed by atoms with van der Waals surface area (Å²) in [6.45, 7) is 8.10. The molecule has 0 saturated carbocycles. The van der Waals surface area contributed by atoms with Crippen molar-refractivity contribution in [3.63, 3.8) is 0 Å².